The number of pyridine rings is 1. The molecule has 0 radical (unpaired) electrons. The number of hydrogen-bond acceptors (Lipinski definition) is 3. The van der Waals surface area contributed by atoms with E-state index in [4.69, 9.17) is 0 Å². The molecule has 1 fully saturated rings. The van der Waals surface area contributed by atoms with Crippen molar-refractivity contribution >= 4 is 11.7 Å². The smallest absolute Gasteiger partial charge is 0.309 e. The second-order valence-electron chi connectivity index (χ2n) is 5.96. The summed E-state index contributed by atoms with van der Waals surface area (Å²) in [5.41, 5.74) is 0.450. The number of nitrogens with zero attached hydrogens (tertiary/aromatic N) is 2. The molecule has 5 nitrogen and oxygen atoms in total. The Labute approximate surface area is 136 Å². The maximum absolute atomic E-state index is 12.4. The van der Waals surface area contributed by atoms with E-state index < -0.39 is 11.9 Å². The van der Waals surface area contributed by atoms with Crippen LogP contribution in [0, 0.1) is 0 Å². The first-order valence-corrected chi connectivity index (χ1v) is 7.79. The van der Waals surface area contributed by atoms with Gasteiger partial charge in [0.25, 0.3) is 0 Å². The van der Waals surface area contributed by atoms with Gasteiger partial charge in [-0.25, -0.2) is 0 Å². The molecule has 2 N–H and O–H groups in total. The third kappa shape index (κ3) is 3.93. The molecule has 0 saturated heterocycles. The van der Waals surface area contributed by atoms with Gasteiger partial charge in [0.05, 0.1) is 6.42 Å². The standard InChI is InChI=1S/C16H17F3N4O/c17-16(18,19)13-6-5-10(9-20-13)7-15(24)21-14-8-12(22-23-14)11-3-1-2-4-11/h5-6,8-9,11H,1-4,7H2,(H2,21,22,23,24). The van der Waals surface area contributed by atoms with Crippen molar-refractivity contribution in [1.29, 1.82) is 0 Å². The van der Waals surface area contributed by atoms with E-state index in [9.17, 15) is 18.0 Å². The van der Waals surface area contributed by atoms with E-state index in [0.29, 0.717) is 17.3 Å². The Kier molecular flexibility index (Phi) is 4.55. The van der Waals surface area contributed by atoms with Crippen LogP contribution in [-0.4, -0.2) is 21.1 Å². The molecule has 0 spiro atoms. The first-order chi connectivity index (χ1) is 11.4. The van der Waals surface area contributed by atoms with Crippen molar-refractivity contribution in [1.82, 2.24) is 15.2 Å². The minimum Gasteiger partial charge on any atom is -0.309 e. The van der Waals surface area contributed by atoms with Crippen LogP contribution in [0.2, 0.25) is 0 Å². The van der Waals surface area contributed by atoms with Crippen LogP contribution < -0.4 is 5.32 Å². The summed E-state index contributed by atoms with van der Waals surface area (Å²) in [5, 5.41) is 9.65. The van der Waals surface area contributed by atoms with Crippen LogP contribution in [0.5, 0.6) is 0 Å². The van der Waals surface area contributed by atoms with Gasteiger partial charge < -0.3 is 5.32 Å². The highest BCUT2D eigenvalue weighted by Crippen LogP contribution is 2.33. The molecule has 0 bridgehead atoms. The maximum Gasteiger partial charge on any atom is 0.433 e. The summed E-state index contributed by atoms with van der Waals surface area (Å²) in [5.74, 6) is 0.546. The van der Waals surface area contributed by atoms with Gasteiger partial charge in [-0.05, 0) is 24.5 Å². The molecule has 3 rings (SSSR count). The van der Waals surface area contributed by atoms with Crippen LogP contribution in [0.3, 0.4) is 0 Å². The molecule has 0 aromatic carbocycles. The fourth-order valence-corrected chi connectivity index (χ4v) is 2.92. The first-order valence-electron chi connectivity index (χ1n) is 7.79. The summed E-state index contributed by atoms with van der Waals surface area (Å²) in [6.45, 7) is 0. The zero-order valence-corrected chi connectivity index (χ0v) is 12.9. The fraction of sp³-hybridized carbons (Fsp3) is 0.438. The zero-order chi connectivity index (χ0) is 17.2. The summed E-state index contributed by atoms with van der Waals surface area (Å²) in [6, 6.07) is 3.94. The van der Waals surface area contributed by atoms with Gasteiger partial charge in [0, 0.05) is 23.9 Å². The van der Waals surface area contributed by atoms with Gasteiger partial charge in [-0.15, -0.1) is 0 Å². The number of alkyl halides is 3. The number of aromatic amines is 1. The van der Waals surface area contributed by atoms with E-state index in [2.05, 4.69) is 20.5 Å². The number of carbonyl (C=O) groups is 1. The molecule has 1 aliphatic carbocycles. The number of hydrogen-bond donors (Lipinski definition) is 2. The van der Waals surface area contributed by atoms with Gasteiger partial charge in [-0.2, -0.15) is 18.3 Å². The Balaban J connectivity index is 1.57. The molecule has 2 aromatic heterocycles. The van der Waals surface area contributed by atoms with Crippen molar-refractivity contribution in [3.05, 3.63) is 41.3 Å². The van der Waals surface area contributed by atoms with Crippen molar-refractivity contribution in [3.63, 3.8) is 0 Å². The second kappa shape index (κ2) is 6.62. The van der Waals surface area contributed by atoms with Gasteiger partial charge >= 0.3 is 6.18 Å². The summed E-state index contributed by atoms with van der Waals surface area (Å²) in [7, 11) is 0. The predicted molar refractivity (Wildman–Crippen MR) is 81.4 cm³/mol. The highest BCUT2D eigenvalue weighted by atomic mass is 19.4. The van der Waals surface area contributed by atoms with Crippen LogP contribution in [0.4, 0.5) is 19.0 Å². The summed E-state index contributed by atoms with van der Waals surface area (Å²) in [6.07, 6.45) is 1.17. The van der Waals surface area contributed by atoms with Gasteiger partial charge in [0.15, 0.2) is 5.82 Å². The fourth-order valence-electron chi connectivity index (χ4n) is 2.92. The topological polar surface area (TPSA) is 70.7 Å². The molecule has 1 amide bonds. The number of H-pyrrole nitrogens is 1. The molecule has 0 aliphatic heterocycles. The lowest BCUT2D eigenvalue weighted by molar-refractivity contribution is -0.141. The van der Waals surface area contributed by atoms with Crippen LogP contribution >= 0.6 is 0 Å². The molecule has 1 saturated carbocycles. The molecule has 2 aromatic rings. The van der Waals surface area contributed by atoms with Gasteiger partial charge in [0.2, 0.25) is 5.91 Å². The highest BCUT2D eigenvalue weighted by molar-refractivity contribution is 5.91. The maximum atomic E-state index is 12.4. The van der Waals surface area contributed by atoms with Gasteiger partial charge in [-0.1, -0.05) is 18.9 Å². The van der Waals surface area contributed by atoms with E-state index in [1.165, 1.54) is 18.9 Å². The minimum atomic E-state index is -4.48. The molecule has 2 heterocycles. The van der Waals surface area contributed by atoms with Crippen LogP contribution in [-0.2, 0) is 17.4 Å². The number of carbonyl (C=O) groups excluding carboxylic acids is 1. The normalized spacial score (nSPS) is 15.6. The molecule has 8 heteroatoms. The van der Waals surface area contributed by atoms with Crippen molar-refractivity contribution in [2.45, 2.75) is 44.2 Å². The number of anilines is 1. The molecule has 0 unspecified atom stereocenters. The molecular weight excluding hydrogens is 321 g/mol. The van der Waals surface area contributed by atoms with E-state index in [1.807, 2.05) is 6.07 Å². The van der Waals surface area contributed by atoms with Crippen LogP contribution in [0.25, 0.3) is 0 Å². The van der Waals surface area contributed by atoms with Crippen molar-refractivity contribution in [2.24, 2.45) is 0 Å². The summed E-state index contributed by atoms with van der Waals surface area (Å²) < 4.78 is 37.3. The lowest BCUT2D eigenvalue weighted by atomic mass is 10.0. The first kappa shape index (κ1) is 16.5. The van der Waals surface area contributed by atoms with E-state index in [-0.39, 0.29) is 12.3 Å². The van der Waals surface area contributed by atoms with Crippen LogP contribution in [0.1, 0.15) is 48.6 Å². The van der Waals surface area contributed by atoms with Crippen molar-refractivity contribution in [2.75, 3.05) is 5.32 Å². The van der Waals surface area contributed by atoms with E-state index in [0.717, 1.165) is 30.8 Å². The monoisotopic (exact) mass is 338 g/mol. The third-order valence-electron chi connectivity index (χ3n) is 4.14. The van der Waals surface area contributed by atoms with Gasteiger partial charge in [-0.3, -0.25) is 14.9 Å². The molecular formula is C16H17F3N4O. The number of rotatable bonds is 4. The SMILES string of the molecule is O=C(Cc1ccc(C(F)(F)F)nc1)Nc1cc(C2CCCC2)[nH]n1. The average Bonchev–Trinajstić information content (AvgIpc) is 3.17. The Bertz CT molecular complexity index is 703. The third-order valence-corrected chi connectivity index (χ3v) is 4.14. The van der Waals surface area contributed by atoms with E-state index in [1.54, 1.807) is 0 Å². The summed E-state index contributed by atoms with van der Waals surface area (Å²) in [4.78, 5) is 15.3. The number of amides is 1. The van der Waals surface area contributed by atoms with Crippen molar-refractivity contribution in [3.8, 4) is 0 Å². The molecule has 0 atom stereocenters. The minimum absolute atomic E-state index is 0.0588. The molecule has 128 valence electrons. The zero-order valence-electron chi connectivity index (χ0n) is 12.9. The Morgan fingerprint density at radius 3 is 2.67 bits per heavy atom. The molecule has 24 heavy (non-hydrogen) atoms. The highest BCUT2D eigenvalue weighted by Gasteiger charge is 2.32. The quantitative estimate of drug-likeness (QED) is 0.894. The second-order valence-corrected chi connectivity index (χ2v) is 5.96. The number of nitrogens with one attached hydrogen (secondary N) is 2. The Morgan fingerprint density at radius 1 is 1.29 bits per heavy atom. The lowest BCUT2D eigenvalue weighted by Gasteiger charge is -2.06. The number of aromatic nitrogens is 3. The predicted octanol–water partition coefficient (Wildman–Crippen LogP) is 3.66. The van der Waals surface area contributed by atoms with Gasteiger partial charge in [0.1, 0.15) is 5.69 Å². The van der Waals surface area contributed by atoms with E-state index >= 15 is 0 Å². The Morgan fingerprint density at radius 2 is 2.04 bits per heavy atom. The molecule has 1 aliphatic rings. The Hall–Kier alpha value is -2.38. The van der Waals surface area contributed by atoms with Crippen molar-refractivity contribution < 1.29 is 18.0 Å². The van der Waals surface area contributed by atoms with Crippen LogP contribution in [0.15, 0.2) is 24.4 Å². The largest absolute Gasteiger partial charge is 0.433 e. The number of halogens is 3. The average molecular weight is 338 g/mol. The lowest BCUT2D eigenvalue weighted by Crippen LogP contribution is -2.15. The summed E-state index contributed by atoms with van der Waals surface area (Å²) >= 11 is 0.